The van der Waals surface area contributed by atoms with Crippen LogP contribution in [0.2, 0.25) is 0 Å². The lowest BCUT2D eigenvalue weighted by Gasteiger charge is -2.08. The van der Waals surface area contributed by atoms with Crippen molar-refractivity contribution in [3.8, 4) is 11.8 Å². The average Bonchev–Trinajstić information content (AvgIpc) is 2.58. The second-order valence-corrected chi connectivity index (χ2v) is 4.51. The van der Waals surface area contributed by atoms with Gasteiger partial charge in [0.05, 0.1) is 0 Å². The quantitative estimate of drug-likeness (QED) is 0.889. The van der Waals surface area contributed by atoms with Crippen LogP contribution < -0.4 is 10.1 Å². The van der Waals surface area contributed by atoms with Crippen LogP contribution in [-0.2, 0) is 17.9 Å². The van der Waals surface area contributed by atoms with Crippen LogP contribution in [-0.4, -0.2) is 12.7 Å². The molecule has 0 atom stereocenters. The third-order valence-electron chi connectivity index (χ3n) is 2.88. The number of nitrogens with zero attached hydrogens (tertiary/aromatic N) is 1. The smallest absolute Gasteiger partial charge is 0.407 e. The van der Waals surface area contributed by atoms with Crippen LogP contribution in [0.15, 0.2) is 54.6 Å². The zero-order chi connectivity index (χ0) is 15.6. The standard InChI is InChI=1S/C17H16N2O3/c18-10-11-21-16-8-6-14(7-9-16)12-19-17(20)22-13-15-4-2-1-3-5-15/h1-9H,11-13H2,(H,19,20). The number of ether oxygens (including phenoxy) is 2. The van der Waals surface area contributed by atoms with E-state index in [-0.39, 0.29) is 13.2 Å². The van der Waals surface area contributed by atoms with Crippen LogP contribution in [0, 0.1) is 11.3 Å². The van der Waals surface area contributed by atoms with Gasteiger partial charge in [0.2, 0.25) is 0 Å². The van der Waals surface area contributed by atoms with E-state index >= 15 is 0 Å². The van der Waals surface area contributed by atoms with E-state index < -0.39 is 6.09 Å². The van der Waals surface area contributed by atoms with Gasteiger partial charge < -0.3 is 14.8 Å². The van der Waals surface area contributed by atoms with Crippen LogP contribution in [0.4, 0.5) is 4.79 Å². The van der Waals surface area contributed by atoms with Crippen molar-refractivity contribution in [2.45, 2.75) is 13.2 Å². The number of hydrogen-bond acceptors (Lipinski definition) is 4. The van der Waals surface area contributed by atoms with E-state index in [2.05, 4.69) is 5.32 Å². The molecule has 0 aliphatic heterocycles. The summed E-state index contributed by atoms with van der Waals surface area (Å²) in [5, 5.41) is 11.1. The van der Waals surface area contributed by atoms with E-state index in [4.69, 9.17) is 14.7 Å². The van der Waals surface area contributed by atoms with Crippen molar-refractivity contribution in [3.05, 3.63) is 65.7 Å². The number of benzene rings is 2. The number of hydrogen-bond donors (Lipinski definition) is 1. The summed E-state index contributed by atoms with van der Waals surface area (Å²) < 4.78 is 10.3. The molecular weight excluding hydrogens is 280 g/mol. The Morgan fingerprint density at radius 3 is 2.45 bits per heavy atom. The molecule has 2 aromatic carbocycles. The van der Waals surface area contributed by atoms with Crippen LogP contribution in [0.3, 0.4) is 0 Å². The maximum atomic E-state index is 11.6. The molecule has 0 radical (unpaired) electrons. The van der Waals surface area contributed by atoms with Gasteiger partial charge in [-0.3, -0.25) is 0 Å². The lowest BCUT2D eigenvalue weighted by Crippen LogP contribution is -2.23. The number of carbonyl (C=O) groups excluding carboxylic acids is 1. The maximum Gasteiger partial charge on any atom is 0.407 e. The van der Waals surface area contributed by atoms with Crippen molar-refractivity contribution in [3.63, 3.8) is 0 Å². The minimum atomic E-state index is -0.464. The maximum absolute atomic E-state index is 11.6. The van der Waals surface area contributed by atoms with E-state index in [9.17, 15) is 4.79 Å². The predicted molar refractivity (Wildman–Crippen MR) is 81.0 cm³/mol. The summed E-state index contributed by atoms with van der Waals surface area (Å²) in [7, 11) is 0. The van der Waals surface area contributed by atoms with Gasteiger partial charge >= 0.3 is 6.09 Å². The SMILES string of the molecule is N#CCOc1ccc(CNC(=O)OCc2ccccc2)cc1. The van der Waals surface area contributed by atoms with Crippen LogP contribution in [0.25, 0.3) is 0 Å². The third kappa shape index (κ3) is 5.17. The van der Waals surface area contributed by atoms with Gasteiger partial charge in [-0.2, -0.15) is 5.26 Å². The molecule has 0 aliphatic carbocycles. The number of amides is 1. The number of carbonyl (C=O) groups is 1. The van der Waals surface area contributed by atoms with Gasteiger partial charge in [0.25, 0.3) is 0 Å². The Bertz CT molecular complexity index is 633. The van der Waals surface area contributed by atoms with E-state index in [1.54, 1.807) is 12.1 Å². The molecule has 22 heavy (non-hydrogen) atoms. The molecule has 0 saturated carbocycles. The number of nitrogens with one attached hydrogen (secondary N) is 1. The van der Waals surface area contributed by atoms with Crippen molar-refractivity contribution in [1.29, 1.82) is 5.26 Å². The molecule has 2 aromatic rings. The van der Waals surface area contributed by atoms with Gasteiger partial charge in [-0.05, 0) is 23.3 Å². The largest absolute Gasteiger partial charge is 0.479 e. The Hall–Kier alpha value is -3.00. The van der Waals surface area contributed by atoms with Crippen molar-refractivity contribution >= 4 is 6.09 Å². The van der Waals surface area contributed by atoms with Crippen molar-refractivity contribution < 1.29 is 14.3 Å². The molecule has 0 aromatic heterocycles. The van der Waals surface area contributed by atoms with Gasteiger partial charge in [0, 0.05) is 6.54 Å². The number of rotatable bonds is 6. The summed E-state index contributed by atoms with van der Waals surface area (Å²) in [6.07, 6.45) is -0.464. The first kappa shape index (κ1) is 15.4. The highest BCUT2D eigenvalue weighted by Gasteiger charge is 2.03. The molecule has 112 valence electrons. The normalized spacial score (nSPS) is 9.59. The van der Waals surface area contributed by atoms with Crippen LogP contribution in [0.5, 0.6) is 5.75 Å². The first-order valence-corrected chi connectivity index (χ1v) is 6.81. The predicted octanol–water partition coefficient (Wildman–Crippen LogP) is 3.02. The minimum absolute atomic E-state index is 0.0173. The Morgan fingerprint density at radius 1 is 1.05 bits per heavy atom. The molecule has 0 unspecified atom stereocenters. The topological polar surface area (TPSA) is 71.3 Å². The molecule has 5 heteroatoms. The molecule has 0 heterocycles. The Morgan fingerprint density at radius 2 is 1.77 bits per heavy atom. The molecule has 0 spiro atoms. The highest BCUT2D eigenvalue weighted by molar-refractivity contribution is 5.67. The van der Waals surface area contributed by atoms with Crippen molar-refractivity contribution in [1.82, 2.24) is 5.32 Å². The summed E-state index contributed by atoms with van der Waals surface area (Å²) in [6, 6.07) is 18.6. The Balaban J connectivity index is 1.73. The van der Waals surface area contributed by atoms with Gasteiger partial charge in [-0.15, -0.1) is 0 Å². The molecule has 2 rings (SSSR count). The van der Waals surface area contributed by atoms with Crippen LogP contribution in [0.1, 0.15) is 11.1 Å². The summed E-state index contributed by atoms with van der Waals surface area (Å²) in [5.41, 5.74) is 1.86. The van der Waals surface area contributed by atoms with Gasteiger partial charge in [-0.1, -0.05) is 42.5 Å². The van der Waals surface area contributed by atoms with Gasteiger partial charge in [-0.25, -0.2) is 4.79 Å². The fourth-order valence-electron chi connectivity index (χ4n) is 1.77. The van der Waals surface area contributed by atoms with E-state index in [0.29, 0.717) is 12.3 Å². The first-order chi connectivity index (χ1) is 10.8. The molecule has 5 nitrogen and oxygen atoms in total. The third-order valence-corrected chi connectivity index (χ3v) is 2.88. The summed E-state index contributed by atoms with van der Waals surface area (Å²) in [4.78, 5) is 11.6. The first-order valence-electron chi connectivity index (χ1n) is 6.81. The summed E-state index contributed by atoms with van der Waals surface area (Å²) in [5.74, 6) is 0.622. The molecule has 1 N–H and O–H groups in total. The van der Waals surface area contributed by atoms with E-state index in [1.807, 2.05) is 48.5 Å². The molecule has 0 bridgehead atoms. The van der Waals surface area contributed by atoms with E-state index in [0.717, 1.165) is 11.1 Å². The zero-order valence-electron chi connectivity index (χ0n) is 12.0. The number of nitriles is 1. The molecule has 0 fully saturated rings. The average molecular weight is 296 g/mol. The number of alkyl carbamates (subject to hydrolysis) is 1. The summed E-state index contributed by atoms with van der Waals surface area (Å²) >= 11 is 0. The van der Waals surface area contributed by atoms with Crippen molar-refractivity contribution in [2.24, 2.45) is 0 Å². The van der Waals surface area contributed by atoms with Crippen molar-refractivity contribution in [2.75, 3.05) is 6.61 Å². The Labute approximate surface area is 129 Å². The summed E-state index contributed by atoms with van der Waals surface area (Å²) in [6.45, 7) is 0.628. The van der Waals surface area contributed by atoms with E-state index in [1.165, 1.54) is 0 Å². The highest BCUT2D eigenvalue weighted by Crippen LogP contribution is 2.11. The lowest BCUT2D eigenvalue weighted by molar-refractivity contribution is 0.139. The highest BCUT2D eigenvalue weighted by atomic mass is 16.5. The molecule has 0 aliphatic rings. The second-order valence-electron chi connectivity index (χ2n) is 4.51. The zero-order valence-corrected chi connectivity index (χ0v) is 12.0. The second kappa shape index (κ2) is 8.32. The lowest BCUT2D eigenvalue weighted by atomic mass is 10.2. The molecular formula is C17H16N2O3. The molecule has 0 saturated heterocycles. The Kier molecular flexibility index (Phi) is 5.82. The fourth-order valence-corrected chi connectivity index (χ4v) is 1.77. The van der Waals surface area contributed by atoms with Gasteiger partial charge in [0.15, 0.2) is 6.61 Å². The van der Waals surface area contributed by atoms with Crippen LogP contribution >= 0.6 is 0 Å². The minimum Gasteiger partial charge on any atom is -0.479 e. The van der Waals surface area contributed by atoms with Gasteiger partial charge in [0.1, 0.15) is 18.4 Å². The fraction of sp³-hybridized carbons (Fsp3) is 0.176. The monoisotopic (exact) mass is 296 g/mol. The molecule has 1 amide bonds.